The zero-order chi connectivity index (χ0) is 24.3. The molecule has 34 heavy (non-hydrogen) atoms. The predicted molar refractivity (Wildman–Crippen MR) is 126 cm³/mol. The fourth-order valence-corrected chi connectivity index (χ4v) is 4.77. The van der Waals surface area contributed by atoms with Crippen LogP contribution in [0.25, 0.3) is 0 Å². The predicted octanol–water partition coefficient (Wildman–Crippen LogP) is 3.80. The fraction of sp³-hybridized carbons (Fsp3) is 0.560. The fourth-order valence-electron chi connectivity index (χ4n) is 4.77. The average Bonchev–Trinajstić information content (AvgIpc) is 3.37. The van der Waals surface area contributed by atoms with Crippen LogP contribution in [0.1, 0.15) is 45.2 Å². The molecule has 1 heterocycles. The molecule has 1 aromatic heterocycles. The van der Waals surface area contributed by atoms with Crippen molar-refractivity contribution in [2.75, 3.05) is 6.61 Å². The molecule has 0 aliphatic heterocycles. The van der Waals surface area contributed by atoms with Crippen LogP contribution in [-0.2, 0) is 16.1 Å². The van der Waals surface area contributed by atoms with Gasteiger partial charge in [-0.1, -0.05) is 18.2 Å². The van der Waals surface area contributed by atoms with Crippen LogP contribution in [0.2, 0.25) is 0 Å². The summed E-state index contributed by atoms with van der Waals surface area (Å²) >= 11 is 0. The van der Waals surface area contributed by atoms with E-state index in [1.165, 1.54) is 0 Å². The van der Waals surface area contributed by atoms with Crippen molar-refractivity contribution in [3.63, 3.8) is 0 Å². The first-order valence-corrected chi connectivity index (χ1v) is 11.8. The van der Waals surface area contributed by atoms with E-state index in [2.05, 4.69) is 9.98 Å². The molecule has 1 aromatic rings. The molecule has 3 atom stereocenters. The van der Waals surface area contributed by atoms with Gasteiger partial charge in [-0.15, -0.1) is 4.99 Å². The molecule has 2 saturated carbocycles. The highest BCUT2D eigenvalue weighted by atomic mass is 19.1. The molecule has 0 spiro atoms. The Morgan fingerprint density at radius 2 is 2.12 bits per heavy atom. The number of hydrogen-bond donors (Lipinski definition) is 2. The highest BCUT2D eigenvalue weighted by Crippen LogP contribution is 2.62. The van der Waals surface area contributed by atoms with Crippen molar-refractivity contribution < 1.29 is 23.4 Å². The number of nitrogens with two attached hydrogens (primary N) is 2. The number of carbonyl (C=O) groups is 1. The van der Waals surface area contributed by atoms with Gasteiger partial charge in [-0.05, 0) is 63.2 Å². The van der Waals surface area contributed by atoms with Crippen molar-refractivity contribution in [3.8, 4) is 5.75 Å². The first-order valence-electron chi connectivity index (χ1n) is 11.8. The third-order valence-electron chi connectivity index (χ3n) is 6.74. The quantitative estimate of drug-likeness (QED) is 0.392. The molecule has 0 bridgehead atoms. The van der Waals surface area contributed by atoms with Crippen LogP contribution in [0.3, 0.4) is 0 Å². The number of carbonyl (C=O) groups excluding carboxylic acids is 1. The summed E-state index contributed by atoms with van der Waals surface area (Å²) in [5.74, 6) is 0.231. The van der Waals surface area contributed by atoms with Gasteiger partial charge in [0, 0.05) is 11.8 Å². The van der Waals surface area contributed by atoms with Gasteiger partial charge in [0.2, 0.25) is 0 Å². The van der Waals surface area contributed by atoms with E-state index in [0.717, 1.165) is 36.3 Å². The number of guanidine groups is 1. The molecule has 0 saturated heterocycles. The smallest absolute Gasteiger partial charge is 0.436 e. The Hall–Kier alpha value is -2.94. The number of nitrogens with zero attached hydrogens (tertiary/aromatic N) is 2. The van der Waals surface area contributed by atoms with E-state index in [1.54, 1.807) is 6.20 Å². The minimum absolute atomic E-state index is 0.0474. The maximum Gasteiger partial charge on any atom is 0.436 e. The number of alkyl halides is 1. The standard InChI is InChI=1S/C25H33FN4O4/c1-15(2)32-13-18-8-9-19(12-29-18)34-20-10-16(11-20)6-7-17-4-3-5-21-22(25(17,21)26)14-33-24(31)30-23(27)28/h3-5,8-9,12,15-16,20-22H,6-7,10-11,13-14H2,1-2H3,(H4,27,28,30,31). The number of fused-ring (bicyclic) bond motifs is 1. The normalized spacial score (nSPS) is 29.0. The number of ether oxygens (including phenoxy) is 3. The second-order valence-electron chi connectivity index (χ2n) is 9.55. The maximum absolute atomic E-state index is 15.6. The van der Waals surface area contributed by atoms with E-state index in [4.69, 9.17) is 25.7 Å². The number of hydrogen-bond acceptors (Lipinski definition) is 5. The Balaban J connectivity index is 1.18. The van der Waals surface area contributed by atoms with Gasteiger partial charge >= 0.3 is 6.09 Å². The van der Waals surface area contributed by atoms with Gasteiger partial charge in [-0.25, -0.2) is 9.18 Å². The monoisotopic (exact) mass is 472 g/mol. The summed E-state index contributed by atoms with van der Waals surface area (Å²) in [5.41, 5.74) is 10.5. The highest BCUT2D eigenvalue weighted by Gasteiger charge is 2.67. The molecule has 184 valence electrons. The van der Waals surface area contributed by atoms with Crippen LogP contribution in [-0.4, -0.2) is 41.5 Å². The van der Waals surface area contributed by atoms with Crippen LogP contribution >= 0.6 is 0 Å². The van der Waals surface area contributed by atoms with Crippen LogP contribution < -0.4 is 16.2 Å². The molecular weight excluding hydrogens is 439 g/mol. The van der Waals surface area contributed by atoms with Gasteiger partial charge in [0.15, 0.2) is 5.96 Å². The first-order chi connectivity index (χ1) is 16.3. The molecule has 3 aliphatic carbocycles. The third-order valence-corrected chi connectivity index (χ3v) is 6.74. The number of aromatic nitrogens is 1. The van der Waals surface area contributed by atoms with E-state index in [-0.39, 0.29) is 30.7 Å². The summed E-state index contributed by atoms with van der Waals surface area (Å²) in [6.45, 7) is 4.43. The van der Waals surface area contributed by atoms with Gasteiger partial charge < -0.3 is 25.7 Å². The SMILES string of the molecule is CC(C)OCc1ccc(OC2CC(CCC3=CC=CC4C(COC(=O)N=C(N)N)C34F)C2)cn1. The molecule has 2 fully saturated rings. The van der Waals surface area contributed by atoms with Crippen molar-refractivity contribution in [1.82, 2.24) is 4.98 Å². The Bertz CT molecular complexity index is 968. The minimum Gasteiger partial charge on any atom is -0.489 e. The largest absolute Gasteiger partial charge is 0.489 e. The Kier molecular flexibility index (Phi) is 7.21. The molecular formula is C25H33FN4O4. The van der Waals surface area contributed by atoms with Crippen LogP contribution in [0.4, 0.5) is 9.18 Å². The summed E-state index contributed by atoms with van der Waals surface area (Å²) in [4.78, 5) is 19.2. The highest BCUT2D eigenvalue weighted by molar-refractivity contribution is 5.87. The lowest BCUT2D eigenvalue weighted by atomic mass is 9.78. The maximum atomic E-state index is 15.6. The molecule has 8 nitrogen and oxygen atoms in total. The lowest BCUT2D eigenvalue weighted by Gasteiger charge is -2.35. The zero-order valence-corrected chi connectivity index (χ0v) is 19.7. The molecule has 3 unspecified atom stereocenters. The summed E-state index contributed by atoms with van der Waals surface area (Å²) in [5, 5.41) is 0. The summed E-state index contributed by atoms with van der Waals surface area (Å²) in [6, 6.07) is 3.85. The first kappa shape index (κ1) is 24.2. The number of rotatable bonds is 10. The van der Waals surface area contributed by atoms with Crippen molar-refractivity contribution in [2.24, 2.45) is 34.2 Å². The van der Waals surface area contributed by atoms with Crippen LogP contribution in [0.15, 0.2) is 47.1 Å². The molecule has 0 radical (unpaired) electrons. The lowest BCUT2D eigenvalue weighted by Crippen LogP contribution is -2.34. The van der Waals surface area contributed by atoms with E-state index < -0.39 is 17.7 Å². The second kappa shape index (κ2) is 10.1. The average molecular weight is 473 g/mol. The van der Waals surface area contributed by atoms with Crippen molar-refractivity contribution in [3.05, 3.63) is 47.8 Å². The van der Waals surface area contributed by atoms with Crippen molar-refractivity contribution in [2.45, 2.75) is 64.0 Å². The third kappa shape index (κ3) is 5.58. The number of aliphatic imine (C=N–C) groups is 1. The van der Waals surface area contributed by atoms with Gasteiger partial charge in [-0.2, -0.15) is 0 Å². The van der Waals surface area contributed by atoms with Gasteiger partial charge in [0.25, 0.3) is 0 Å². The molecule has 3 aliphatic rings. The molecule has 0 aromatic carbocycles. The second-order valence-corrected chi connectivity index (χ2v) is 9.55. The van der Waals surface area contributed by atoms with Crippen molar-refractivity contribution >= 4 is 12.1 Å². The summed E-state index contributed by atoms with van der Waals surface area (Å²) in [7, 11) is 0. The summed E-state index contributed by atoms with van der Waals surface area (Å²) in [6.07, 6.45) is 10.3. The minimum atomic E-state index is -1.45. The number of halogens is 1. The Labute approximate surface area is 199 Å². The van der Waals surface area contributed by atoms with Gasteiger partial charge in [0.1, 0.15) is 18.0 Å². The Morgan fingerprint density at radius 1 is 1.32 bits per heavy atom. The lowest BCUT2D eigenvalue weighted by molar-refractivity contribution is 0.0583. The van der Waals surface area contributed by atoms with E-state index in [9.17, 15) is 4.79 Å². The molecule has 4 rings (SSSR count). The van der Waals surface area contributed by atoms with Crippen LogP contribution in [0.5, 0.6) is 5.75 Å². The number of allylic oxidation sites excluding steroid dienone is 4. The zero-order valence-electron chi connectivity index (χ0n) is 19.7. The van der Waals surface area contributed by atoms with E-state index >= 15 is 4.39 Å². The molecule has 1 amide bonds. The van der Waals surface area contributed by atoms with Gasteiger partial charge in [0.05, 0.1) is 30.7 Å². The van der Waals surface area contributed by atoms with Crippen molar-refractivity contribution in [1.29, 1.82) is 0 Å². The molecule has 4 N–H and O–H groups in total. The number of amides is 1. The number of pyridine rings is 1. The molecule has 9 heteroatoms. The van der Waals surface area contributed by atoms with Crippen LogP contribution in [0, 0.1) is 17.8 Å². The summed E-state index contributed by atoms with van der Waals surface area (Å²) < 4.78 is 32.2. The Morgan fingerprint density at radius 3 is 2.79 bits per heavy atom. The topological polar surface area (TPSA) is 122 Å². The van der Waals surface area contributed by atoms with Gasteiger partial charge in [-0.3, -0.25) is 4.98 Å². The van der Waals surface area contributed by atoms with E-state index in [0.29, 0.717) is 18.9 Å². The van der Waals surface area contributed by atoms with E-state index in [1.807, 2.05) is 44.2 Å².